The van der Waals surface area contributed by atoms with Gasteiger partial charge < -0.3 is 0 Å². The van der Waals surface area contributed by atoms with Crippen LogP contribution >= 0.6 is 22.7 Å². The van der Waals surface area contributed by atoms with Gasteiger partial charge in [-0.1, -0.05) is 91.0 Å². The highest BCUT2D eigenvalue weighted by atomic mass is 32.1. The third-order valence-corrected chi connectivity index (χ3v) is 8.66. The first kappa shape index (κ1) is 19.0. The second-order valence-electron chi connectivity index (χ2n) is 8.47. The van der Waals surface area contributed by atoms with Crippen LogP contribution in [0.1, 0.15) is 22.6 Å². The van der Waals surface area contributed by atoms with Crippen LogP contribution in [0, 0.1) is 0 Å². The average Bonchev–Trinajstić information content (AvgIpc) is 3.53. The van der Waals surface area contributed by atoms with Crippen molar-refractivity contribution in [2.24, 2.45) is 0 Å². The molecule has 4 aliphatic rings. The van der Waals surface area contributed by atoms with E-state index in [2.05, 4.69) is 114 Å². The van der Waals surface area contributed by atoms with Gasteiger partial charge in [0.2, 0.25) is 0 Å². The normalized spacial score (nSPS) is 11.9. The predicted molar refractivity (Wildman–Crippen MR) is 144 cm³/mol. The van der Waals surface area contributed by atoms with Crippen molar-refractivity contribution >= 4 is 42.8 Å². The highest BCUT2D eigenvalue weighted by Crippen LogP contribution is 2.53. The molecule has 2 heterocycles. The van der Waals surface area contributed by atoms with Gasteiger partial charge in [-0.3, -0.25) is 0 Å². The van der Waals surface area contributed by atoms with Crippen molar-refractivity contribution < 1.29 is 0 Å². The molecule has 0 bridgehead atoms. The Bertz CT molecular complexity index is 1560. The fourth-order valence-corrected chi connectivity index (χ4v) is 7.36. The molecular weight excluding hydrogens is 436 g/mol. The Balaban J connectivity index is 1.65. The fraction of sp³-hybridized carbons (Fsp3) is 0.0323. The number of benzene rings is 1. The third-order valence-electron chi connectivity index (χ3n) is 6.77. The first-order valence-electron chi connectivity index (χ1n) is 11.2. The van der Waals surface area contributed by atoms with Crippen LogP contribution in [0.4, 0.5) is 0 Å². The van der Waals surface area contributed by atoms with Crippen LogP contribution < -0.4 is 0 Å². The Morgan fingerprint density at radius 3 is 1.33 bits per heavy atom. The first-order chi connectivity index (χ1) is 16.4. The van der Waals surface area contributed by atoms with E-state index < -0.39 is 0 Å². The van der Waals surface area contributed by atoms with Gasteiger partial charge in [0.25, 0.3) is 0 Å². The molecule has 0 amide bonds. The zero-order valence-corrected chi connectivity index (χ0v) is 19.5. The topological polar surface area (TPSA) is 0 Å². The zero-order chi connectivity index (χ0) is 21.8. The zero-order valence-electron chi connectivity index (χ0n) is 17.9. The summed E-state index contributed by atoms with van der Waals surface area (Å²) in [5, 5.41) is 7.25. The van der Waals surface area contributed by atoms with Crippen molar-refractivity contribution in [1.82, 2.24) is 0 Å². The minimum atomic E-state index is 0.153. The van der Waals surface area contributed by atoms with Crippen LogP contribution in [0.2, 0.25) is 0 Å². The van der Waals surface area contributed by atoms with Crippen molar-refractivity contribution in [2.75, 3.05) is 0 Å². The van der Waals surface area contributed by atoms with Gasteiger partial charge in [0.05, 0.1) is 0 Å². The summed E-state index contributed by atoms with van der Waals surface area (Å²) in [4.78, 5) is 0. The minimum Gasteiger partial charge on any atom is -0.143 e. The van der Waals surface area contributed by atoms with Crippen LogP contribution in [0.25, 0.3) is 42.4 Å². The predicted octanol–water partition coefficient (Wildman–Crippen LogP) is 9.51. The van der Waals surface area contributed by atoms with E-state index in [-0.39, 0.29) is 5.92 Å². The first-order valence-corrected chi connectivity index (χ1v) is 13.0. The Hall–Kier alpha value is -3.46. The standard InChI is InChI=1S/C31H20S2/c1-4-10-20(11-5-1)27(28-21-12-6-2-8-14-23(21)30-25(28)16-18-32-30)29-22-13-7-3-9-15-24(22)31-26(29)17-19-33-31/h1-19,27H. The molecule has 3 aromatic rings. The van der Waals surface area contributed by atoms with Crippen LogP contribution in [-0.4, -0.2) is 0 Å². The quantitative estimate of drug-likeness (QED) is 0.248. The minimum absolute atomic E-state index is 0.153. The van der Waals surface area contributed by atoms with Crippen LogP contribution in [0.3, 0.4) is 0 Å². The molecule has 2 aromatic heterocycles. The summed E-state index contributed by atoms with van der Waals surface area (Å²) in [6, 6.07) is 37.8. The molecule has 0 saturated heterocycles. The maximum Gasteiger partial charge on any atom is 0.0424 e. The lowest BCUT2D eigenvalue weighted by Crippen LogP contribution is -2.04. The van der Waals surface area contributed by atoms with Gasteiger partial charge in [0, 0.05) is 15.3 Å². The lowest BCUT2D eigenvalue weighted by Gasteiger charge is -2.21. The molecule has 0 aliphatic heterocycles. The Morgan fingerprint density at radius 1 is 0.424 bits per heavy atom. The molecule has 0 fully saturated rings. The number of thiophene rings is 2. The summed E-state index contributed by atoms with van der Waals surface area (Å²) in [7, 11) is 0. The highest BCUT2D eigenvalue weighted by Gasteiger charge is 2.31. The molecule has 2 heteroatoms. The average molecular weight is 457 g/mol. The van der Waals surface area contributed by atoms with Gasteiger partial charge in [-0.15, -0.1) is 22.7 Å². The van der Waals surface area contributed by atoms with E-state index in [1.54, 1.807) is 0 Å². The van der Waals surface area contributed by atoms with E-state index in [1.165, 1.54) is 59.1 Å². The van der Waals surface area contributed by atoms with Gasteiger partial charge in [0.1, 0.15) is 0 Å². The molecule has 33 heavy (non-hydrogen) atoms. The summed E-state index contributed by atoms with van der Waals surface area (Å²) < 4.78 is 2.78. The third kappa shape index (κ3) is 2.81. The van der Waals surface area contributed by atoms with E-state index in [0.717, 1.165) is 0 Å². The van der Waals surface area contributed by atoms with Crippen LogP contribution in [0.15, 0.2) is 114 Å². The monoisotopic (exact) mass is 456 g/mol. The number of hydrogen-bond acceptors (Lipinski definition) is 2. The molecule has 0 N–H and O–H groups in total. The maximum atomic E-state index is 2.32. The van der Waals surface area contributed by atoms with E-state index in [9.17, 15) is 0 Å². The number of rotatable bonds is 3. The largest absolute Gasteiger partial charge is 0.143 e. The second kappa shape index (κ2) is 7.55. The van der Waals surface area contributed by atoms with Crippen LogP contribution in [0.5, 0.6) is 0 Å². The smallest absolute Gasteiger partial charge is 0.0424 e. The van der Waals surface area contributed by atoms with Gasteiger partial charge in [0.15, 0.2) is 0 Å². The van der Waals surface area contributed by atoms with E-state index in [1.807, 2.05) is 22.7 Å². The number of fused-ring (bicyclic) bond motifs is 6. The number of hydrogen-bond donors (Lipinski definition) is 0. The maximum absolute atomic E-state index is 2.32. The Morgan fingerprint density at radius 2 is 0.848 bits per heavy atom. The summed E-state index contributed by atoms with van der Waals surface area (Å²) in [6.45, 7) is 0. The van der Waals surface area contributed by atoms with Crippen molar-refractivity contribution in [2.45, 2.75) is 5.92 Å². The van der Waals surface area contributed by atoms with E-state index in [4.69, 9.17) is 0 Å². The molecular formula is C31H20S2. The lowest BCUT2D eigenvalue weighted by atomic mass is 9.81. The molecule has 0 unspecified atom stereocenters. The van der Waals surface area contributed by atoms with Gasteiger partial charge in [-0.25, -0.2) is 0 Å². The molecule has 0 radical (unpaired) electrons. The van der Waals surface area contributed by atoms with E-state index >= 15 is 0 Å². The SMILES string of the molecule is c1ccc(C(c2c3cccccc-3c3sccc23)c2c3cccccc-3c3sccc23)cc1. The second-order valence-corrected chi connectivity index (χ2v) is 10.3. The lowest BCUT2D eigenvalue weighted by molar-refractivity contribution is 1.01. The van der Waals surface area contributed by atoms with Gasteiger partial charge >= 0.3 is 0 Å². The molecule has 0 spiro atoms. The Kier molecular flexibility index (Phi) is 4.36. The molecule has 1 aromatic carbocycles. The van der Waals surface area contributed by atoms with Crippen LogP contribution in [-0.2, 0) is 0 Å². The molecule has 156 valence electrons. The van der Waals surface area contributed by atoms with Crippen molar-refractivity contribution in [3.63, 3.8) is 0 Å². The Labute approximate surface area is 201 Å². The van der Waals surface area contributed by atoms with Gasteiger partial charge in [-0.05, 0) is 72.6 Å². The summed E-state index contributed by atoms with van der Waals surface area (Å²) in [5.41, 5.74) is 9.61. The molecule has 0 saturated carbocycles. The van der Waals surface area contributed by atoms with E-state index in [0.29, 0.717) is 0 Å². The fourth-order valence-electron chi connectivity index (χ4n) is 5.46. The van der Waals surface area contributed by atoms with Crippen molar-refractivity contribution in [3.05, 3.63) is 131 Å². The summed E-state index contributed by atoms with van der Waals surface area (Å²) in [6.07, 6.45) is 0. The summed E-state index contributed by atoms with van der Waals surface area (Å²) in [5.74, 6) is 0.153. The molecule has 0 nitrogen and oxygen atoms in total. The molecule has 7 rings (SSSR count). The highest BCUT2D eigenvalue weighted by molar-refractivity contribution is 7.18. The molecule has 4 aliphatic carbocycles. The van der Waals surface area contributed by atoms with Crippen molar-refractivity contribution in [3.8, 4) is 22.3 Å². The summed E-state index contributed by atoms with van der Waals surface area (Å²) >= 11 is 3.70. The van der Waals surface area contributed by atoms with Gasteiger partial charge in [-0.2, -0.15) is 0 Å². The molecule has 0 atom stereocenters. The van der Waals surface area contributed by atoms with Crippen molar-refractivity contribution in [1.29, 1.82) is 0 Å².